The number of carbonyl (C=O) groups is 1. The number of hydrogen-bond acceptors (Lipinski definition) is 3. The summed E-state index contributed by atoms with van der Waals surface area (Å²) in [6.45, 7) is 5.53. The Morgan fingerprint density at radius 2 is 1.69 bits per heavy atom. The molecule has 0 bridgehead atoms. The fourth-order valence-corrected chi connectivity index (χ4v) is 6.71. The van der Waals surface area contributed by atoms with Gasteiger partial charge < -0.3 is 14.5 Å². The first-order valence-corrected chi connectivity index (χ1v) is 13.5. The zero-order chi connectivity index (χ0) is 24.5. The van der Waals surface area contributed by atoms with Gasteiger partial charge in [-0.1, -0.05) is 48.5 Å². The van der Waals surface area contributed by atoms with Crippen molar-refractivity contribution in [1.29, 1.82) is 0 Å². The van der Waals surface area contributed by atoms with Crippen molar-refractivity contribution in [2.75, 3.05) is 39.3 Å². The molecule has 0 aliphatic carbocycles. The third-order valence-electron chi connectivity index (χ3n) is 8.66. The van der Waals surface area contributed by atoms with Crippen molar-refractivity contribution in [3.05, 3.63) is 83.7 Å². The molecule has 0 radical (unpaired) electrons. The van der Waals surface area contributed by atoms with Crippen molar-refractivity contribution in [1.82, 2.24) is 9.80 Å². The number of benzene rings is 3. The minimum Gasteiger partial charge on any atom is -0.378 e. The highest BCUT2D eigenvalue weighted by molar-refractivity contribution is 6.07. The zero-order valence-electron chi connectivity index (χ0n) is 20.8. The summed E-state index contributed by atoms with van der Waals surface area (Å²) in [5.41, 5.74) is 2.06. The molecule has 0 saturated carbocycles. The summed E-state index contributed by atoms with van der Waals surface area (Å²) in [6, 6.07) is 21.2. The second-order valence-electron chi connectivity index (χ2n) is 10.8. The van der Waals surface area contributed by atoms with Crippen molar-refractivity contribution in [2.24, 2.45) is 11.8 Å². The van der Waals surface area contributed by atoms with Gasteiger partial charge in [0, 0.05) is 37.7 Å². The number of piperidine rings is 1. The van der Waals surface area contributed by atoms with Crippen LogP contribution in [-0.2, 0) is 4.74 Å². The van der Waals surface area contributed by atoms with Gasteiger partial charge in [-0.25, -0.2) is 4.39 Å². The van der Waals surface area contributed by atoms with Gasteiger partial charge in [0.05, 0.1) is 6.10 Å². The monoisotopic (exact) mass is 486 g/mol. The summed E-state index contributed by atoms with van der Waals surface area (Å²) in [6.07, 6.45) is 4.68. The third kappa shape index (κ3) is 4.79. The van der Waals surface area contributed by atoms with E-state index in [1.165, 1.54) is 5.56 Å². The van der Waals surface area contributed by atoms with E-state index in [9.17, 15) is 9.18 Å². The van der Waals surface area contributed by atoms with E-state index in [-0.39, 0.29) is 17.8 Å². The minimum absolute atomic E-state index is 0.146. The summed E-state index contributed by atoms with van der Waals surface area (Å²) in [5, 5.41) is 2.14. The highest BCUT2D eigenvalue weighted by Crippen LogP contribution is 2.36. The van der Waals surface area contributed by atoms with Gasteiger partial charge in [0.2, 0.25) is 0 Å². The van der Waals surface area contributed by atoms with Crippen molar-refractivity contribution < 1.29 is 13.9 Å². The number of rotatable bonds is 5. The lowest BCUT2D eigenvalue weighted by Crippen LogP contribution is -2.40. The van der Waals surface area contributed by atoms with Crippen LogP contribution < -0.4 is 0 Å². The molecule has 0 N–H and O–H groups in total. The van der Waals surface area contributed by atoms with Crippen LogP contribution in [0.2, 0.25) is 0 Å². The van der Waals surface area contributed by atoms with Gasteiger partial charge in [0.15, 0.2) is 0 Å². The number of likely N-dealkylation sites (tertiary alicyclic amines) is 2. The molecule has 3 aromatic carbocycles. The fourth-order valence-electron chi connectivity index (χ4n) is 6.71. The first kappa shape index (κ1) is 23.6. The molecule has 3 heterocycles. The molecule has 3 atom stereocenters. The number of carbonyl (C=O) groups excluding carboxylic acids is 1. The summed E-state index contributed by atoms with van der Waals surface area (Å²) in [7, 11) is 0. The molecule has 0 aromatic heterocycles. The van der Waals surface area contributed by atoms with Crippen LogP contribution in [0, 0.1) is 17.7 Å². The topological polar surface area (TPSA) is 32.8 Å². The molecule has 3 aliphatic heterocycles. The Kier molecular flexibility index (Phi) is 6.77. The van der Waals surface area contributed by atoms with E-state index < -0.39 is 0 Å². The maximum absolute atomic E-state index is 13.7. The second kappa shape index (κ2) is 10.3. The maximum Gasteiger partial charge on any atom is 0.254 e. The molecule has 36 heavy (non-hydrogen) atoms. The summed E-state index contributed by atoms with van der Waals surface area (Å²) in [4.78, 5) is 18.4. The Balaban J connectivity index is 1.15. The molecule has 3 aromatic rings. The van der Waals surface area contributed by atoms with Gasteiger partial charge in [-0.05, 0) is 85.1 Å². The van der Waals surface area contributed by atoms with Crippen LogP contribution in [0.5, 0.6) is 0 Å². The average Bonchev–Trinajstić information content (AvgIpc) is 3.59. The highest BCUT2D eigenvalue weighted by Gasteiger charge is 2.42. The fraction of sp³-hybridized carbons (Fsp3) is 0.452. The number of amides is 1. The van der Waals surface area contributed by atoms with Gasteiger partial charge in [0.1, 0.15) is 5.82 Å². The zero-order valence-corrected chi connectivity index (χ0v) is 20.8. The predicted octanol–water partition coefficient (Wildman–Crippen LogP) is 5.73. The van der Waals surface area contributed by atoms with E-state index in [2.05, 4.69) is 28.0 Å². The second-order valence-corrected chi connectivity index (χ2v) is 10.8. The lowest BCUT2D eigenvalue weighted by molar-refractivity contribution is 0.0420. The molecule has 0 spiro atoms. The first-order valence-electron chi connectivity index (χ1n) is 13.5. The Bertz CT molecular complexity index is 1190. The molecule has 188 valence electrons. The van der Waals surface area contributed by atoms with E-state index in [1.807, 2.05) is 36.4 Å². The number of hydrogen-bond donors (Lipinski definition) is 0. The van der Waals surface area contributed by atoms with Crippen LogP contribution in [0.25, 0.3) is 10.8 Å². The Labute approximate surface area is 213 Å². The number of ether oxygens (including phenoxy) is 1. The molecule has 3 unspecified atom stereocenters. The van der Waals surface area contributed by atoms with E-state index in [0.29, 0.717) is 17.8 Å². The van der Waals surface area contributed by atoms with Crippen LogP contribution in [-0.4, -0.2) is 61.1 Å². The van der Waals surface area contributed by atoms with Crippen molar-refractivity contribution in [3.8, 4) is 0 Å². The van der Waals surface area contributed by atoms with Crippen LogP contribution in [0.15, 0.2) is 66.7 Å². The lowest BCUT2D eigenvalue weighted by atomic mass is 9.86. The molecule has 3 fully saturated rings. The maximum atomic E-state index is 13.7. The Morgan fingerprint density at radius 3 is 2.47 bits per heavy atom. The molecule has 6 rings (SSSR count). The minimum atomic E-state index is -0.166. The van der Waals surface area contributed by atoms with Gasteiger partial charge in [-0.2, -0.15) is 0 Å². The van der Waals surface area contributed by atoms with Gasteiger partial charge in [-0.3, -0.25) is 4.79 Å². The number of fused-ring (bicyclic) bond motifs is 1. The van der Waals surface area contributed by atoms with Crippen molar-refractivity contribution in [2.45, 2.75) is 37.7 Å². The highest BCUT2D eigenvalue weighted by atomic mass is 19.1. The molecule has 4 nitrogen and oxygen atoms in total. The van der Waals surface area contributed by atoms with Crippen molar-refractivity contribution in [3.63, 3.8) is 0 Å². The van der Waals surface area contributed by atoms with Gasteiger partial charge in [-0.15, -0.1) is 0 Å². The standard InChI is InChI=1S/C31H35FN2O2/c32-26-12-10-22(11-13-26)23-14-16-33(17-15-23)19-25-20-34(21-29(25)30-9-4-18-36-30)31(35)28-8-3-6-24-5-1-2-7-27(24)28/h1-3,5-8,10-13,23,25,29-30H,4,9,14-21H2. The first-order chi connectivity index (χ1) is 17.7. The van der Waals surface area contributed by atoms with Crippen LogP contribution in [0.3, 0.4) is 0 Å². The van der Waals surface area contributed by atoms with Crippen LogP contribution in [0.1, 0.15) is 47.5 Å². The lowest BCUT2D eigenvalue weighted by Gasteiger charge is -2.35. The van der Waals surface area contributed by atoms with E-state index >= 15 is 0 Å². The normalized spacial score (nSPS) is 25.6. The van der Waals surface area contributed by atoms with Crippen LogP contribution >= 0.6 is 0 Å². The van der Waals surface area contributed by atoms with E-state index in [4.69, 9.17) is 4.74 Å². The van der Waals surface area contributed by atoms with Crippen LogP contribution in [0.4, 0.5) is 4.39 Å². The number of halogens is 1. The largest absolute Gasteiger partial charge is 0.378 e. The predicted molar refractivity (Wildman–Crippen MR) is 141 cm³/mol. The van der Waals surface area contributed by atoms with Crippen molar-refractivity contribution >= 4 is 16.7 Å². The SMILES string of the molecule is O=C(c1cccc2ccccc12)N1CC(CN2CCC(c3ccc(F)cc3)CC2)C(C2CCCO2)C1. The van der Waals surface area contributed by atoms with Gasteiger partial charge in [0.25, 0.3) is 5.91 Å². The van der Waals surface area contributed by atoms with Gasteiger partial charge >= 0.3 is 0 Å². The quantitative estimate of drug-likeness (QED) is 0.462. The average molecular weight is 487 g/mol. The molecular formula is C31H35FN2O2. The molecule has 1 amide bonds. The molecule has 5 heteroatoms. The van der Waals surface area contributed by atoms with E-state index in [0.717, 1.165) is 81.3 Å². The summed E-state index contributed by atoms with van der Waals surface area (Å²) in [5.74, 6) is 1.30. The summed E-state index contributed by atoms with van der Waals surface area (Å²) < 4.78 is 19.5. The Morgan fingerprint density at radius 1 is 0.917 bits per heavy atom. The summed E-state index contributed by atoms with van der Waals surface area (Å²) >= 11 is 0. The molecular weight excluding hydrogens is 451 g/mol. The van der Waals surface area contributed by atoms with E-state index in [1.54, 1.807) is 12.1 Å². The smallest absolute Gasteiger partial charge is 0.254 e. The molecule has 3 saturated heterocycles. The number of nitrogens with zero attached hydrogens (tertiary/aromatic N) is 2. The Hall–Kier alpha value is -2.76. The molecule has 3 aliphatic rings. The third-order valence-corrected chi connectivity index (χ3v) is 8.66.